The summed E-state index contributed by atoms with van der Waals surface area (Å²) >= 11 is 5.43. The molecule has 1 aromatic rings. The van der Waals surface area contributed by atoms with Gasteiger partial charge in [-0.25, -0.2) is 0 Å². The van der Waals surface area contributed by atoms with Crippen molar-refractivity contribution < 1.29 is 14.2 Å². The van der Waals surface area contributed by atoms with Crippen molar-refractivity contribution in [2.75, 3.05) is 34.5 Å². The zero-order valence-electron chi connectivity index (χ0n) is 14.1. The van der Waals surface area contributed by atoms with E-state index in [1.807, 2.05) is 25.1 Å². The van der Waals surface area contributed by atoms with E-state index < -0.39 is 0 Å². The van der Waals surface area contributed by atoms with Crippen LogP contribution < -0.4 is 20.1 Å². The van der Waals surface area contributed by atoms with E-state index in [1.165, 1.54) is 5.56 Å². The smallest absolute Gasteiger partial charge is 0.161 e. The molecule has 1 atom stereocenters. The first-order valence-electron chi connectivity index (χ1n) is 7.59. The Hall–Kier alpha value is -1.79. The maximum absolute atomic E-state index is 5.43. The number of fused-ring (bicyclic) bond motifs is 1. The molecule has 0 amide bonds. The van der Waals surface area contributed by atoms with Crippen LogP contribution in [0.25, 0.3) is 5.70 Å². The minimum atomic E-state index is 0.165. The second-order valence-corrected chi connectivity index (χ2v) is 5.90. The van der Waals surface area contributed by atoms with Crippen LogP contribution in [0.5, 0.6) is 11.5 Å². The fourth-order valence-electron chi connectivity index (χ4n) is 2.64. The molecule has 0 fully saturated rings. The highest BCUT2D eigenvalue weighted by molar-refractivity contribution is 7.80. The first-order valence-corrected chi connectivity index (χ1v) is 8.00. The Bertz CT molecular complexity index is 602. The number of rotatable bonds is 6. The minimum absolute atomic E-state index is 0.165. The third-order valence-electron chi connectivity index (χ3n) is 3.69. The van der Waals surface area contributed by atoms with Gasteiger partial charge in [-0.15, -0.1) is 0 Å². The van der Waals surface area contributed by atoms with Gasteiger partial charge in [0.25, 0.3) is 0 Å². The van der Waals surface area contributed by atoms with Crippen LogP contribution in [-0.4, -0.2) is 45.5 Å². The van der Waals surface area contributed by atoms with Gasteiger partial charge in [0, 0.05) is 31.0 Å². The van der Waals surface area contributed by atoms with Crippen LogP contribution >= 0.6 is 12.2 Å². The molecule has 1 aliphatic heterocycles. The topological polar surface area (TPSA) is 51.8 Å². The molecule has 0 saturated heterocycles. The molecule has 0 spiro atoms. The van der Waals surface area contributed by atoms with Gasteiger partial charge in [-0.1, -0.05) is 12.2 Å². The van der Waals surface area contributed by atoms with Crippen LogP contribution in [0.4, 0.5) is 0 Å². The maximum Gasteiger partial charge on any atom is 0.161 e. The molecule has 126 valence electrons. The van der Waals surface area contributed by atoms with Crippen molar-refractivity contribution in [2.45, 2.75) is 19.4 Å². The Morgan fingerprint density at radius 2 is 2.00 bits per heavy atom. The SMILES string of the molecule is COCC(C)NC(=S)/C=C1\NCCc2cc(OC)c(OC)cc21. The summed E-state index contributed by atoms with van der Waals surface area (Å²) in [6.07, 6.45) is 2.89. The monoisotopic (exact) mass is 336 g/mol. The molecule has 1 unspecified atom stereocenters. The lowest BCUT2D eigenvalue weighted by Crippen LogP contribution is -2.34. The van der Waals surface area contributed by atoms with E-state index >= 15 is 0 Å². The average molecular weight is 336 g/mol. The molecule has 6 heteroatoms. The molecule has 5 nitrogen and oxygen atoms in total. The summed E-state index contributed by atoms with van der Waals surface area (Å²) in [4.78, 5) is 0.680. The summed E-state index contributed by atoms with van der Waals surface area (Å²) in [7, 11) is 4.97. The molecule has 0 aliphatic carbocycles. The van der Waals surface area contributed by atoms with Crippen LogP contribution in [0.3, 0.4) is 0 Å². The number of hydrogen-bond donors (Lipinski definition) is 2. The minimum Gasteiger partial charge on any atom is -0.493 e. The van der Waals surface area contributed by atoms with Gasteiger partial charge in [0.2, 0.25) is 0 Å². The highest BCUT2D eigenvalue weighted by atomic mass is 32.1. The second kappa shape index (κ2) is 8.17. The molecule has 2 N–H and O–H groups in total. The first-order chi connectivity index (χ1) is 11.1. The average Bonchev–Trinajstić information content (AvgIpc) is 2.53. The fourth-order valence-corrected chi connectivity index (χ4v) is 2.96. The highest BCUT2D eigenvalue weighted by Crippen LogP contribution is 2.34. The van der Waals surface area contributed by atoms with Gasteiger partial charge in [0.1, 0.15) is 4.99 Å². The van der Waals surface area contributed by atoms with Crippen molar-refractivity contribution in [3.8, 4) is 11.5 Å². The van der Waals surface area contributed by atoms with Crippen LogP contribution in [-0.2, 0) is 11.2 Å². The largest absolute Gasteiger partial charge is 0.493 e. The van der Waals surface area contributed by atoms with Gasteiger partial charge in [-0.05, 0) is 37.1 Å². The summed E-state index contributed by atoms with van der Waals surface area (Å²) in [5.74, 6) is 1.47. The molecule has 1 heterocycles. The number of benzene rings is 1. The molecule has 1 aromatic carbocycles. The first kappa shape index (κ1) is 17.6. The zero-order chi connectivity index (χ0) is 16.8. The van der Waals surface area contributed by atoms with Gasteiger partial charge in [-0.2, -0.15) is 0 Å². The molecule has 0 saturated carbocycles. The number of hydrogen-bond acceptors (Lipinski definition) is 5. The van der Waals surface area contributed by atoms with Gasteiger partial charge in [-0.3, -0.25) is 0 Å². The lowest BCUT2D eigenvalue weighted by molar-refractivity contribution is 0.179. The number of nitrogens with one attached hydrogen (secondary N) is 2. The fraction of sp³-hybridized carbons (Fsp3) is 0.471. The third kappa shape index (κ3) is 4.36. The quantitative estimate of drug-likeness (QED) is 0.613. The molecule has 0 radical (unpaired) electrons. The van der Waals surface area contributed by atoms with E-state index in [9.17, 15) is 0 Å². The third-order valence-corrected chi connectivity index (χ3v) is 3.93. The van der Waals surface area contributed by atoms with Crippen LogP contribution in [0.15, 0.2) is 18.2 Å². The van der Waals surface area contributed by atoms with Gasteiger partial charge >= 0.3 is 0 Å². The summed E-state index contributed by atoms with van der Waals surface area (Å²) in [6, 6.07) is 4.19. The van der Waals surface area contributed by atoms with E-state index in [4.69, 9.17) is 26.4 Å². The summed E-state index contributed by atoms with van der Waals surface area (Å²) in [5.41, 5.74) is 3.31. The molecule has 1 aliphatic rings. The Kier molecular flexibility index (Phi) is 6.24. The molecule has 2 rings (SSSR count). The van der Waals surface area contributed by atoms with Crippen LogP contribution in [0.1, 0.15) is 18.1 Å². The predicted molar refractivity (Wildman–Crippen MR) is 96.3 cm³/mol. The van der Waals surface area contributed by atoms with Crippen molar-refractivity contribution in [3.05, 3.63) is 29.3 Å². The Morgan fingerprint density at radius 3 is 2.65 bits per heavy atom. The van der Waals surface area contributed by atoms with Crippen molar-refractivity contribution in [1.82, 2.24) is 10.6 Å². The number of ether oxygens (including phenoxy) is 3. The number of thiocarbonyl (C=S) groups is 1. The summed E-state index contributed by atoms with van der Waals surface area (Å²) < 4.78 is 15.9. The van der Waals surface area contributed by atoms with Crippen LogP contribution in [0, 0.1) is 0 Å². The Labute approximate surface area is 143 Å². The Balaban J connectivity index is 2.26. The van der Waals surface area contributed by atoms with Crippen LogP contribution in [0.2, 0.25) is 0 Å². The lowest BCUT2D eigenvalue weighted by atomic mass is 9.97. The van der Waals surface area contributed by atoms with E-state index in [1.54, 1.807) is 21.3 Å². The number of methoxy groups -OCH3 is 3. The normalized spacial score (nSPS) is 16.3. The van der Waals surface area contributed by atoms with Crippen molar-refractivity contribution in [3.63, 3.8) is 0 Å². The predicted octanol–water partition coefficient (Wildman–Crippen LogP) is 2.14. The summed E-state index contributed by atoms with van der Waals surface area (Å²) in [6.45, 7) is 3.51. The molecule has 23 heavy (non-hydrogen) atoms. The molecular weight excluding hydrogens is 312 g/mol. The standard InChI is InChI=1S/C17H24N2O3S/c1-11(10-20-2)19-17(23)9-14-13-8-16(22-4)15(21-3)7-12(13)5-6-18-14/h7-9,11,18H,5-6,10H2,1-4H3,(H,19,23)/b14-9-. The summed E-state index contributed by atoms with van der Waals surface area (Å²) in [5, 5.41) is 6.65. The second-order valence-electron chi connectivity index (χ2n) is 5.46. The molecule has 0 bridgehead atoms. The van der Waals surface area contributed by atoms with E-state index in [0.717, 1.165) is 30.0 Å². The molecule has 0 aromatic heterocycles. The Morgan fingerprint density at radius 1 is 1.30 bits per heavy atom. The van der Waals surface area contributed by atoms with E-state index in [0.29, 0.717) is 17.3 Å². The lowest BCUT2D eigenvalue weighted by Gasteiger charge is -2.23. The highest BCUT2D eigenvalue weighted by Gasteiger charge is 2.18. The van der Waals surface area contributed by atoms with Gasteiger partial charge in [0.05, 0.1) is 20.8 Å². The van der Waals surface area contributed by atoms with E-state index in [-0.39, 0.29) is 6.04 Å². The van der Waals surface area contributed by atoms with Crippen molar-refractivity contribution in [2.24, 2.45) is 0 Å². The van der Waals surface area contributed by atoms with E-state index in [2.05, 4.69) is 10.6 Å². The molecular formula is C17H24N2O3S. The van der Waals surface area contributed by atoms with Crippen molar-refractivity contribution in [1.29, 1.82) is 0 Å². The zero-order valence-corrected chi connectivity index (χ0v) is 14.9. The van der Waals surface area contributed by atoms with Gasteiger partial charge < -0.3 is 24.8 Å². The van der Waals surface area contributed by atoms with Gasteiger partial charge in [0.15, 0.2) is 11.5 Å². The van der Waals surface area contributed by atoms with Crippen molar-refractivity contribution >= 4 is 22.9 Å². The maximum atomic E-state index is 5.43.